The van der Waals surface area contributed by atoms with Gasteiger partial charge in [0.1, 0.15) is 11.6 Å². The molecule has 28 heavy (non-hydrogen) atoms. The van der Waals surface area contributed by atoms with Gasteiger partial charge in [-0.3, -0.25) is 4.98 Å². The number of nitrogens with zero attached hydrogens (tertiary/aromatic N) is 2. The predicted octanol–water partition coefficient (Wildman–Crippen LogP) is 4.76. The maximum absolute atomic E-state index is 14.5. The molecule has 1 aromatic heterocycles. The number of aromatic nitrogens is 1. The summed E-state index contributed by atoms with van der Waals surface area (Å²) in [5.41, 5.74) is -1.27. The van der Waals surface area contributed by atoms with Crippen molar-refractivity contribution >= 4 is 34.9 Å². The van der Waals surface area contributed by atoms with Crippen LogP contribution in [0.15, 0.2) is 29.6 Å². The molecule has 0 saturated heterocycles. The molecule has 1 unspecified atom stereocenters. The number of rotatable bonds is 5. The number of hydrogen-bond acceptors (Lipinski definition) is 5. The zero-order chi connectivity index (χ0) is 20.6. The molecule has 0 bridgehead atoms. The molecule has 1 aromatic carbocycles. The van der Waals surface area contributed by atoms with Gasteiger partial charge in [-0.2, -0.15) is 8.78 Å². The fourth-order valence-corrected chi connectivity index (χ4v) is 3.05. The Bertz CT molecular complexity index is 987. The summed E-state index contributed by atoms with van der Waals surface area (Å²) in [5.74, 6) is -2.28. The van der Waals surface area contributed by atoms with Crippen molar-refractivity contribution in [1.82, 2.24) is 4.98 Å². The lowest BCUT2D eigenvalue weighted by atomic mass is 9.94. The number of ether oxygens (including phenoxy) is 1. The number of benzene rings is 1. The number of carboxylic acids is 1. The van der Waals surface area contributed by atoms with Crippen molar-refractivity contribution in [2.75, 3.05) is 0 Å². The predicted molar refractivity (Wildman–Crippen MR) is 94.6 cm³/mol. The third-order valence-corrected chi connectivity index (χ3v) is 4.58. The Balaban J connectivity index is 2.01. The second kappa shape index (κ2) is 7.48. The van der Waals surface area contributed by atoms with Crippen LogP contribution in [0.5, 0.6) is 5.75 Å². The van der Waals surface area contributed by atoms with E-state index in [-0.39, 0.29) is 44.7 Å². The van der Waals surface area contributed by atoms with Gasteiger partial charge < -0.3 is 14.7 Å². The molecule has 1 N–H and O–H groups in total. The van der Waals surface area contributed by atoms with Gasteiger partial charge in [0, 0.05) is 23.6 Å². The molecule has 1 aliphatic heterocycles. The fraction of sp³-hybridized carbons (Fsp3) is 0.235. The summed E-state index contributed by atoms with van der Waals surface area (Å²) in [4.78, 5) is 20.2. The molecule has 0 saturated carbocycles. The third kappa shape index (κ3) is 3.85. The van der Waals surface area contributed by atoms with Crippen LogP contribution < -0.4 is 4.74 Å². The molecule has 2 heterocycles. The quantitative estimate of drug-likeness (QED) is 0.733. The first-order chi connectivity index (χ1) is 13.1. The van der Waals surface area contributed by atoms with Gasteiger partial charge in [0.25, 0.3) is 0 Å². The van der Waals surface area contributed by atoms with Crippen molar-refractivity contribution in [3.8, 4) is 17.0 Å². The molecule has 0 amide bonds. The van der Waals surface area contributed by atoms with Crippen molar-refractivity contribution in [2.45, 2.75) is 25.6 Å². The van der Waals surface area contributed by atoms with Gasteiger partial charge in [-0.25, -0.2) is 9.18 Å². The Labute approximate surface area is 166 Å². The number of halogens is 5. The SMILES string of the molecule is CC1(C(=O)O)CC(c2cc(-c3ncc(OC(F)F)cc3Cl)c(F)cc2Cl)=NO1. The van der Waals surface area contributed by atoms with Crippen molar-refractivity contribution in [3.63, 3.8) is 0 Å². The lowest BCUT2D eigenvalue weighted by Gasteiger charge is -2.15. The van der Waals surface area contributed by atoms with Crippen molar-refractivity contribution in [3.05, 3.63) is 45.8 Å². The molecule has 148 valence electrons. The Morgan fingerprint density at radius 2 is 2.00 bits per heavy atom. The van der Waals surface area contributed by atoms with E-state index in [0.29, 0.717) is 0 Å². The Morgan fingerprint density at radius 3 is 2.57 bits per heavy atom. The van der Waals surface area contributed by atoms with E-state index >= 15 is 0 Å². The zero-order valence-electron chi connectivity index (χ0n) is 14.1. The summed E-state index contributed by atoms with van der Waals surface area (Å²) >= 11 is 12.1. The second-order valence-corrected chi connectivity index (χ2v) is 6.85. The number of pyridine rings is 1. The Hall–Kier alpha value is -2.52. The average molecular weight is 435 g/mol. The molecule has 0 aliphatic carbocycles. The molecule has 0 radical (unpaired) electrons. The van der Waals surface area contributed by atoms with Gasteiger partial charge in [0.2, 0.25) is 5.60 Å². The number of carbonyl (C=O) groups is 1. The van der Waals surface area contributed by atoms with Gasteiger partial charge in [-0.1, -0.05) is 28.4 Å². The largest absolute Gasteiger partial charge is 0.478 e. The Kier molecular flexibility index (Phi) is 5.40. The van der Waals surface area contributed by atoms with Crippen LogP contribution in [0.4, 0.5) is 13.2 Å². The molecule has 0 spiro atoms. The first kappa shape index (κ1) is 20.2. The number of carboxylic acid groups (broad SMARTS) is 1. The van der Waals surface area contributed by atoms with E-state index in [0.717, 1.165) is 18.3 Å². The molecule has 0 fully saturated rings. The van der Waals surface area contributed by atoms with Crippen molar-refractivity contribution in [2.24, 2.45) is 5.16 Å². The summed E-state index contributed by atoms with van der Waals surface area (Å²) < 4.78 is 43.3. The summed E-state index contributed by atoms with van der Waals surface area (Å²) in [5, 5.41) is 12.8. The molecule has 1 atom stereocenters. The highest BCUT2D eigenvalue weighted by Gasteiger charge is 2.43. The smallest absolute Gasteiger partial charge is 0.387 e. The van der Waals surface area contributed by atoms with E-state index in [4.69, 9.17) is 28.0 Å². The third-order valence-electron chi connectivity index (χ3n) is 3.98. The molecule has 1 aliphatic rings. The van der Waals surface area contributed by atoms with E-state index in [9.17, 15) is 23.1 Å². The molecular weight excluding hydrogens is 424 g/mol. The highest BCUT2D eigenvalue weighted by molar-refractivity contribution is 6.35. The first-order valence-corrected chi connectivity index (χ1v) is 8.45. The standard InChI is InChI=1S/C17H11Cl2F3N2O4/c1-17(15(25)26)5-13(24-28-17)8-3-9(12(20)4-10(8)18)14-11(19)2-7(6-23-14)27-16(21)22/h2-4,6,16H,5H2,1H3,(H,25,26). The van der Waals surface area contributed by atoms with Gasteiger partial charge >= 0.3 is 12.6 Å². The summed E-state index contributed by atoms with van der Waals surface area (Å²) in [7, 11) is 0. The van der Waals surface area contributed by atoms with E-state index in [2.05, 4.69) is 14.9 Å². The number of aliphatic carboxylic acids is 1. The summed E-state index contributed by atoms with van der Waals surface area (Å²) in [6.07, 6.45) is 0.869. The molecular formula is C17H11Cl2F3N2O4. The maximum Gasteiger partial charge on any atom is 0.387 e. The Morgan fingerprint density at radius 1 is 1.29 bits per heavy atom. The summed E-state index contributed by atoms with van der Waals surface area (Å²) in [6.45, 7) is -1.73. The monoisotopic (exact) mass is 434 g/mol. The maximum atomic E-state index is 14.5. The molecule has 11 heteroatoms. The minimum absolute atomic E-state index is 0.0213. The van der Waals surface area contributed by atoms with Crippen LogP contribution in [0.1, 0.15) is 18.9 Å². The van der Waals surface area contributed by atoms with Crippen LogP contribution in [-0.2, 0) is 9.63 Å². The lowest BCUT2D eigenvalue weighted by Crippen LogP contribution is -2.35. The van der Waals surface area contributed by atoms with Gasteiger partial charge in [0.05, 0.1) is 27.6 Å². The minimum atomic E-state index is -3.06. The molecule has 3 rings (SSSR count). The van der Waals surface area contributed by atoms with E-state index in [1.54, 1.807) is 0 Å². The molecule has 2 aromatic rings. The second-order valence-electron chi connectivity index (χ2n) is 6.03. The normalized spacial score (nSPS) is 18.8. The topological polar surface area (TPSA) is 81.0 Å². The van der Waals surface area contributed by atoms with Crippen LogP contribution in [0.25, 0.3) is 11.3 Å². The van der Waals surface area contributed by atoms with Crippen LogP contribution in [0.2, 0.25) is 10.0 Å². The summed E-state index contributed by atoms with van der Waals surface area (Å²) in [6, 6.07) is 3.35. The highest BCUT2D eigenvalue weighted by Crippen LogP contribution is 2.36. The molecule has 6 nitrogen and oxygen atoms in total. The zero-order valence-corrected chi connectivity index (χ0v) is 15.6. The number of alkyl halides is 2. The number of hydrogen-bond donors (Lipinski definition) is 1. The van der Waals surface area contributed by atoms with Gasteiger partial charge in [-0.05, 0) is 19.1 Å². The lowest BCUT2D eigenvalue weighted by molar-refractivity contribution is -0.160. The fourth-order valence-electron chi connectivity index (χ4n) is 2.54. The van der Waals surface area contributed by atoms with Gasteiger partial charge in [-0.15, -0.1) is 0 Å². The van der Waals surface area contributed by atoms with E-state index < -0.39 is 24.0 Å². The van der Waals surface area contributed by atoms with Crippen LogP contribution in [0, 0.1) is 5.82 Å². The number of oxime groups is 1. The van der Waals surface area contributed by atoms with Crippen LogP contribution in [-0.4, -0.2) is 34.0 Å². The van der Waals surface area contributed by atoms with Crippen LogP contribution >= 0.6 is 23.2 Å². The van der Waals surface area contributed by atoms with E-state index in [1.165, 1.54) is 13.0 Å². The van der Waals surface area contributed by atoms with Gasteiger partial charge in [0.15, 0.2) is 0 Å². The first-order valence-electron chi connectivity index (χ1n) is 7.69. The average Bonchev–Trinajstić information content (AvgIpc) is 2.99. The van der Waals surface area contributed by atoms with Crippen molar-refractivity contribution < 1.29 is 32.6 Å². The van der Waals surface area contributed by atoms with Crippen molar-refractivity contribution in [1.29, 1.82) is 0 Å². The highest BCUT2D eigenvalue weighted by atomic mass is 35.5. The minimum Gasteiger partial charge on any atom is -0.478 e. The van der Waals surface area contributed by atoms with E-state index in [1.807, 2.05) is 0 Å². The van der Waals surface area contributed by atoms with Crippen LogP contribution in [0.3, 0.4) is 0 Å².